The second kappa shape index (κ2) is 5.81. The number of ether oxygens (including phenoxy) is 1. The topological polar surface area (TPSA) is 94.5 Å². The highest BCUT2D eigenvalue weighted by atomic mass is 16.5. The first-order chi connectivity index (χ1) is 10.3. The number of aliphatic hydroxyl groups is 1. The predicted molar refractivity (Wildman–Crippen MR) is 73.5 cm³/mol. The molecule has 0 atom stereocenters. The lowest BCUT2D eigenvalue weighted by molar-refractivity contribution is 0.0427. The highest BCUT2D eigenvalue weighted by molar-refractivity contribution is 5.57. The van der Waals surface area contributed by atoms with Crippen molar-refractivity contribution in [1.82, 2.24) is 24.4 Å². The summed E-state index contributed by atoms with van der Waals surface area (Å²) in [6.45, 7) is 0.159. The van der Waals surface area contributed by atoms with E-state index in [-0.39, 0.29) is 37.0 Å². The number of hydrogen-bond donors (Lipinski definition) is 1. The van der Waals surface area contributed by atoms with Crippen LogP contribution < -0.4 is 5.56 Å². The maximum absolute atomic E-state index is 12.4. The fourth-order valence-electron chi connectivity index (χ4n) is 1.94. The Morgan fingerprint density at radius 1 is 1.24 bits per heavy atom. The van der Waals surface area contributed by atoms with E-state index in [1.807, 2.05) is 18.2 Å². The van der Waals surface area contributed by atoms with Gasteiger partial charge in [0.05, 0.1) is 13.2 Å². The van der Waals surface area contributed by atoms with Crippen LogP contribution in [0.1, 0.15) is 0 Å². The van der Waals surface area contributed by atoms with Crippen LogP contribution in [-0.4, -0.2) is 42.7 Å². The highest BCUT2D eigenvalue weighted by Crippen LogP contribution is 2.12. The number of hydrogen-bond acceptors (Lipinski definition) is 6. The fourth-order valence-corrected chi connectivity index (χ4v) is 1.94. The van der Waals surface area contributed by atoms with Gasteiger partial charge in [0, 0.05) is 5.56 Å². The molecule has 2 heterocycles. The standard InChI is InChI=1S/C13H13N5O3/c19-6-7-21-9-17-13-14-8-15-18(13)12(20)11(16-17)10-4-2-1-3-5-10/h1-5,8,19H,6-7,9H2. The van der Waals surface area contributed by atoms with Gasteiger partial charge in [0.2, 0.25) is 0 Å². The van der Waals surface area contributed by atoms with E-state index in [1.54, 1.807) is 12.1 Å². The largest absolute Gasteiger partial charge is 0.394 e. The van der Waals surface area contributed by atoms with Crippen LogP contribution >= 0.6 is 0 Å². The molecule has 0 radical (unpaired) electrons. The summed E-state index contributed by atoms with van der Waals surface area (Å²) in [6.07, 6.45) is 1.29. The molecule has 2 aromatic heterocycles. The Labute approximate surface area is 119 Å². The van der Waals surface area contributed by atoms with Crippen LogP contribution in [0.3, 0.4) is 0 Å². The summed E-state index contributed by atoms with van der Waals surface area (Å²) < 4.78 is 7.86. The Balaban J connectivity index is 2.12. The van der Waals surface area contributed by atoms with E-state index in [9.17, 15) is 4.79 Å². The zero-order valence-electron chi connectivity index (χ0n) is 11.1. The van der Waals surface area contributed by atoms with Crippen LogP contribution in [0.25, 0.3) is 17.0 Å². The Kier molecular flexibility index (Phi) is 3.71. The summed E-state index contributed by atoms with van der Waals surface area (Å²) in [6, 6.07) is 9.11. The molecule has 0 amide bonds. The number of nitrogens with zero attached hydrogens (tertiary/aromatic N) is 5. The summed E-state index contributed by atoms with van der Waals surface area (Å²) >= 11 is 0. The molecule has 3 rings (SSSR count). The fraction of sp³-hybridized carbons (Fsp3) is 0.231. The quantitative estimate of drug-likeness (QED) is 0.660. The molecule has 108 valence electrons. The van der Waals surface area contributed by atoms with Crippen LogP contribution in [-0.2, 0) is 11.5 Å². The average molecular weight is 287 g/mol. The smallest absolute Gasteiger partial charge is 0.302 e. The van der Waals surface area contributed by atoms with Gasteiger partial charge in [-0.2, -0.15) is 14.6 Å². The maximum atomic E-state index is 12.4. The summed E-state index contributed by atoms with van der Waals surface area (Å²) in [5, 5.41) is 17.0. The number of fused-ring (bicyclic) bond motifs is 1. The summed E-state index contributed by atoms with van der Waals surface area (Å²) in [4.78, 5) is 16.4. The minimum atomic E-state index is -0.341. The zero-order valence-corrected chi connectivity index (χ0v) is 11.1. The predicted octanol–water partition coefficient (Wildman–Crippen LogP) is -0.0806. The number of rotatable bonds is 5. The summed E-state index contributed by atoms with van der Waals surface area (Å²) in [7, 11) is 0. The summed E-state index contributed by atoms with van der Waals surface area (Å²) in [5.41, 5.74) is 0.615. The van der Waals surface area contributed by atoms with E-state index in [0.717, 1.165) is 0 Å². The third kappa shape index (κ3) is 2.54. The lowest BCUT2D eigenvalue weighted by Gasteiger charge is -2.09. The van der Waals surface area contributed by atoms with Crippen molar-refractivity contribution in [2.24, 2.45) is 0 Å². The SMILES string of the molecule is O=c1c(-c2ccccc2)nn(COCCO)c2ncnn12. The molecule has 3 aromatic rings. The van der Waals surface area contributed by atoms with E-state index in [2.05, 4.69) is 15.2 Å². The lowest BCUT2D eigenvalue weighted by Crippen LogP contribution is -2.25. The van der Waals surface area contributed by atoms with Gasteiger partial charge in [0.25, 0.3) is 5.78 Å². The summed E-state index contributed by atoms with van der Waals surface area (Å²) in [5.74, 6) is 0.289. The molecule has 0 saturated carbocycles. The third-order valence-electron chi connectivity index (χ3n) is 2.87. The number of aliphatic hydroxyl groups excluding tert-OH is 1. The second-order valence-electron chi connectivity index (χ2n) is 4.25. The van der Waals surface area contributed by atoms with Crippen molar-refractivity contribution in [3.63, 3.8) is 0 Å². The van der Waals surface area contributed by atoms with E-state index >= 15 is 0 Å². The Hall–Kier alpha value is -2.58. The molecule has 0 aliphatic heterocycles. The van der Waals surface area contributed by atoms with E-state index in [0.29, 0.717) is 5.56 Å². The van der Waals surface area contributed by atoms with Gasteiger partial charge in [0.15, 0.2) is 5.69 Å². The van der Waals surface area contributed by atoms with Gasteiger partial charge in [-0.05, 0) is 0 Å². The van der Waals surface area contributed by atoms with Gasteiger partial charge in [-0.1, -0.05) is 30.3 Å². The molecule has 1 N–H and O–H groups in total. The van der Waals surface area contributed by atoms with Crippen molar-refractivity contribution in [3.8, 4) is 11.3 Å². The van der Waals surface area contributed by atoms with Gasteiger partial charge in [-0.3, -0.25) is 4.79 Å². The molecule has 8 heteroatoms. The van der Waals surface area contributed by atoms with Crippen molar-refractivity contribution in [2.45, 2.75) is 6.73 Å². The second-order valence-corrected chi connectivity index (χ2v) is 4.25. The van der Waals surface area contributed by atoms with Crippen LogP contribution in [0.2, 0.25) is 0 Å². The van der Waals surface area contributed by atoms with Gasteiger partial charge < -0.3 is 9.84 Å². The van der Waals surface area contributed by atoms with E-state index in [1.165, 1.54) is 15.5 Å². The molecule has 0 aliphatic rings. The Morgan fingerprint density at radius 3 is 2.81 bits per heavy atom. The highest BCUT2D eigenvalue weighted by Gasteiger charge is 2.13. The number of benzene rings is 1. The molecule has 0 saturated heterocycles. The van der Waals surface area contributed by atoms with E-state index < -0.39 is 0 Å². The monoisotopic (exact) mass is 287 g/mol. The molecular weight excluding hydrogens is 274 g/mol. The first-order valence-electron chi connectivity index (χ1n) is 6.36. The molecule has 1 aromatic carbocycles. The van der Waals surface area contributed by atoms with Crippen LogP contribution in [0.4, 0.5) is 0 Å². The van der Waals surface area contributed by atoms with Gasteiger partial charge >= 0.3 is 5.56 Å². The minimum absolute atomic E-state index is 0.0723. The Bertz CT molecular complexity index is 796. The lowest BCUT2D eigenvalue weighted by atomic mass is 10.2. The number of aromatic nitrogens is 5. The first kappa shape index (κ1) is 13.4. The average Bonchev–Trinajstić information content (AvgIpc) is 3.01. The van der Waals surface area contributed by atoms with Crippen molar-refractivity contribution < 1.29 is 9.84 Å². The molecule has 0 unspecified atom stereocenters. The Morgan fingerprint density at radius 2 is 2.05 bits per heavy atom. The van der Waals surface area contributed by atoms with Crippen LogP contribution in [0.15, 0.2) is 41.5 Å². The van der Waals surface area contributed by atoms with Crippen molar-refractivity contribution in [1.29, 1.82) is 0 Å². The molecule has 0 spiro atoms. The molecule has 0 aliphatic carbocycles. The maximum Gasteiger partial charge on any atom is 0.302 e. The molecule has 8 nitrogen and oxygen atoms in total. The zero-order chi connectivity index (χ0) is 14.7. The van der Waals surface area contributed by atoms with E-state index in [4.69, 9.17) is 9.84 Å². The van der Waals surface area contributed by atoms with Gasteiger partial charge in [-0.15, -0.1) is 5.10 Å². The van der Waals surface area contributed by atoms with Crippen molar-refractivity contribution in [3.05, 3.63) is 47.0 Å². The molecule has 0 bridgehead atoms. The van der Waals surface area contributed by atoms with Crippen molar-refractivity contribution >= 4 is 5.78 Å². The van der Waals surface area contributed by atoms with Crippen molar-refractivity contribution in [2.75, 3.05) is 13.2 Å². The van der Waals surface area contributed by atoms with Crippen LogP contribution in [0.5, 0.6) is 0 Å². The minimum Gasteiger partial charge on any atom is -0.394 e. The molecular formula is C13H13N5O3. The van der Waals surface area contributed by atoms with Gasteiger partial charge in [0.1, 0.15) is 13.1 Å². The molecule has 0 fully saturated rings. The first-order valence-corrected chi connectivity index (χ1v) is 6.36. The van der Waals surface area contributed by atoms with Crippen LogP contribution in [0, 0.1) is 0 Å². The normalized spacial score (nSPS) is 11.1. The molecule has 21 heavy (non-hydrogen) atoms. The van der Waals surface area contributed by atoms with Gasteiger partial charge in [-0.25, -0.2) is 4.68 Å². The third-order valence-corrected chi connectivity index (χ3v) is 2.87.